The van der Waals surface area contributed by atoms with Gasteiger partial charge in [0.1, 0.15) is 0 Å². The van der Waals surface area contributed by atoms with Crippen LogP contribution >= 0.6 is 11.3 Å². The van der Waals surface area contributed by atoms with Gasteiger partial charge in [-0.25, -0.2) is 4.98 Å². The molecule has 2 aromatic heterocycles. The minimum atomic E-state index is -0.543. The minimum Gasteiger partial charge on any atom is -0.439 e. The monoisotopic (exact) mass is 390 g/mol. The molecule has 1 unspecified atom stereocenters. The molecule has 0 saturated heterocycles. The van der Waals surface area contributed by atoms with Crippen molar-refractivity contribution in [2.24, 2.45) is 0 Å². The van der Waals surface area contributed by atoms with Crippen molar-refractivity contribution in [1.29, 1.82) is 0 Å². The van der Waals surface area contributed by atoms with E-state index < -0.39 is 6.10 Å². The van der Waals surface area contributed by atoms with Gasteiger partial charge in [-0.05, 0) is 28.0 Å². The van der Waals surface area contributed by atoms with E-state index >= 15 is 0 Å². The van der Waals surface area contributed by atoms with E-state index in [1.165, 1.54) is 5.56 Å². The predicted molar refractivity (Wildman–Crippen MR) is 112 cm³/mol. The van der Waals surface area contributed by atoms with Gasteiger partial charge in [-0.2, -0.15) is 11.3 Å². The highest BCUT2D eigenvalue weighted by molar-refractivity contribution is 7.07. The second-order valence-corrected chi connectivity index (χ2v) is 7.49. The standard InChI is InChI=1S/C23H22N2O2S/c26-21(20-11-12-28-17-20)15-25(14-18-7-3-1-4-8-18)16-23-24-13-22(27-23)19-9-5-2-6-10-19/h1-13,17,21,26H,14-16H2. The number of rotatable bonds is 8. The summed E-state index contributed by atoms with van der Waals surface area (Å²) in [7, 11) is 0. The van der Waals surface area contributed by atoms with Crippen LogP contribution in [-0.4, -0.2) is 21.5 Å². The van der Waals surface area contributed by atoms with Crippen molar-refractivity contribution in [2.75, 3.05) is 6.54 Å². The lowest BCUT2D eigenvalue weighted by Crippen LogP contribution is -2.28. The van der Waals surface area contributed by atoms with E-state index in [1.807, 2.05) is 65.4 Å². The summed E-state index contributed by atoms with van der Waals surface area (Å²) >= 11 is 1.59. The van der Waals surface area contributed by atoms with Crippen LogP contribution in [0.2, 0.25) is 0 Å². The summed E-state index contributed by atoms with van der Waals surface area (Å²) in [4.78, 5) is 6.62. The molecule has 0 saturated carbocycles. The number of oxazole rings is 1. The van der Waals surface area contributed by atoms with Gasteiger partial charge in [0.2, 0.25) is 5.89 Å². The number of thiophene rings is 1. The highest BCUT2D eigenvalue weighted by atomic mass is 32.1. The smallest absolute Gasteiger partial charge is 0.209 e. The molecule has 0 bridgehead atoms. The second kappa shape index (κ2) is 8.97. The van der Waals surface area contributed by atoms with Crippen LogP contribution in [-0.2, 0) is 13.1 Å². The molecule has 0 fully saturated rings. The van der Waals surface area contributed by atoms with E-state index in [9.17, 15) is 5.11 Å². The fraction of sp³-hybridized carbons (Fsp3) is 0.174. The maximum atomic E-state index is 10.6. The molecular weight excluding hydrogens is 368 g/mol. The Bertz CT molecular complexity index is 968. The lowest BCUT2D eigenvalue weighted by atomic mass is 10.1. The van der Waals surface area contributed by atoms with Gasteiger partial charge in [-0.3, -0.25) is 4.90 Å². The van der Waals surface area contributed by atoms with Crippen molar-refractivity contribution in [3.05, 3.63) is 101 Å². The van der Waals surface area contributed by atoms with Gasteiger partial charge in [0.05, 0.1) is 18.8 Å². The highest BCUT2D eigenvalue weighted by Gasteiger charge is 2.17. The van der Waals surface area contributed by atoms with Crippen LogP contribution in [0.3, 0.4) is 0 Å². The van der Waals surface area contributed by atoms with Crippen molar-refractivity contribution in [3.63, 3.8) is 0 Å². The Labute approximate surface area is 168 Å². The summed E-state index contributed by atoms with van der Waals surface area (Å²) in [6.07, 6.45) is 1.22. The molecule has 4 rings (SSSR count). The Morgan fingerprint density at radius 3 is 2.43 bits per heavy atom. The first-order valence-electron chi connectivity index (χ1n) is 9.24. The first-order valence-corrected chi connectivity index (χ1v) is 10.2. The highest BCUT2D eigenvalue weighted by Crippen LogP contribution is 2.23. The van der Waals surface area contributed by atoms with Gasteiger partial charge in [0.25, 0.3) is 0 Å². The van der Waals surface area contributed by atoms with Crippen molar-refractivity contribution >= 4 is 11.3 Å². The summed E-state index contributed by atoms with van der Waals surface area (Å²) in [5.74, 6) is 1.40. The van der Waals surface area contributed by atoms with E-state index in [-0.39, 0.29) is 0 Å². The Balaban J connectivity index is 1.50. The summed E-state index contributed by atoms with van der Waals surface area (Å²) in [6, 6.07) is 22.2. The van der Waals surface area contributed by atoms with Crippen LogP contribution in [0.4, 0.5) is 0 Å². The van der Waals surface area contributed by atoms with Crippen molar-refractivity contribution < 1.29 is 9.52 Å². The number of aromatic nitrogens is 1. The van der Waals surface area contributed by atoms with E-state index in [0.29, 0.717) is 25.5 Å². The molecule has 2 heterocycles. The third kappa shape index (κ3) is 4.75. The molecule has 1 N–H and O–H groups in total. The third-order valence-electron chi connectivity index (χ3n) is 4.58. The topological polar surface area (TPSA) is 49.5 Å². The van der Waals surface area contributed by atoms with E-state index in [4.69, 9.17) is 4.42 Å². The normalized spacial score (nSPS) is 12.4. The van der Waals surface area contributed by atoms with Gasteiger partial charge in [-0.1, -0.05) is 60.7 Å². The maximum absolute atomic E-state index is 10.6. The van der Waals surface area contributed by atoms with Crippen LogP contribution in [0.15, 0.2) is 88.1 Å². The molecule has 2 aromatic carbocycles. The Morgan fingerprint density at radius 2 is 1.71 bits per heavy atom. The Hall–Kier alpha value is -2.73. The molecule has 5 heteroatoms. The number of benzene rings is 2. The molecule has 0 amide bonds. The zero-order valence-electron chi connectivity index (χ0n) is 15.4. The molecular formula is C23H22N2O2S. The molecule has 4 aromatic rings. The van der Waals surface area contributed by atoms with Crippen LogP contribution in [0.1, 0.15) is 23.1 Å². The Kier molecular flexibility index (Phi) is 5.97. The van der Waals surface area contributed by atoms with Crippen LogP contribution < -0.4 is 0 Å². The molecule has 142 valence electrons. The zero-order chi connectivity index (χ0) is 19.2. The number of nitrogens with zero attached hydrogens (tertiary/aromatic N) is 2. The van der Waals surface area contributed by atoms with Gasteiger partial charge in [0, 0.05) is 18.7 Å². The van der Waals surface area contributed by atoms with Gasteiger partial charge in [0.15, 0.2) is 5.76 Å². The number of hydrogen-bond donors (Lipinski definition) is 1. The third-order valence-corrected chi connectivity index (χ3v) is 5.28. The van der Waals surface area contributed by atoms with Crippen LogP contribution in [0.5, 0.6) is 0 Å². The average molecular weight is 391 g/mol. The first-order chi connectivity index (χ1) is 13.8. The first kappa shape index (κ1) is 18.6. The molecule has 28 heavy (non-hydrogen) atoms. The molecule has 4 nitrogen and oxygen atoms in total. The SMILES string of the molecule is OC(CN(Cc1ccccc1)Cc1ncc(-c2ccccc2)o1)c1ccsc1. The molecule has 0 aliphatic heterocycles. The van der Waals surface area contributed by atoms with Gasteiger partial charge >= 0.3 is 0 Å². The second-order valence-electron chi connectivity index (χ2n) is 6.71. The summed E-state index contributed by atoms with van der Waals surface area (Å²) in [5, 5.41) is 14.6. The summed E-state index contributed by atoms with van der Waals surface area (Å²) in [6.45, 7) is 1.75. The van der Waals surface area contributed by atoms with E-state index in [2.05, 4.69) is 22.0 Å². The molecule has 0 aliphatic rings. The van der Waals surface area contributed by atoms with Crippen LogP contribution in [0, 0.1) is 0 Å². The van der Waals surface area contributed by atoms with E-state index in [1.54, 1.807) is 17.5 Å². The van der Waals surface area contributed by atoms with Gasteiger partial charge < -0.3 is 9.52 Å². The largest absolute Gasteiger partial charge is 0.439 e. The quantitative estimate of drug-likeness (QED) is 0.453. The minimum absolute atomic E-state index is 0.509. The molecule has 1 atom stereocenters. The van der Waals surface area contributed by atoms with Crippen LogP contribution in [0.25, 0.3) is 11.3 Å². The predicted octanol–water partition coefficient (Wildman–Crippen LogP) is 5.14. The number of aliphatic hydroxyl groups is 1. The van der Waals surface area contributed by atoms with Gasteiger partial charge in [-0.15, -0.1) is 0 Å². The lowest BCUT2D eigenvalue weighted by Gasteiger charge is -2.23. The lowest BCUT2D eigenvalue weighted by molar-refractivity contribution is 0.0998. The van der Waals surface area contributed by atoms with Crippen molar-refractivity contribution in [3.8, 4) is 11.3 Å². The summed E-state index contributed by atoms with van der Waals surface area (Å²) in [5.41, 5.74) is 3.14. The van der Waals surface area contributed by atoms with Crippen molar-refractivity contribution in [1.82, 2.24) is 9.88 Å². The summed E-state index contributed by atoms with van der Waals surface area (Å²) < 4.78 is 5.98. The number of aliphatic hydroxyl groups excluding tert-OH is 1. The molecule has 0 aliphatic carbocycles. The fourth-order valence-electron chi connectivity index (χ4n) is 3.15. The fourth-order valence-corrected chi connectivity index (χ4v) is 3.86. The molecule has 0 radical (unpaired) electrons. The van der Waals surface area contributed by atoms with Crippen molar-refractivity contribution in [2.45, 2.75) is 19.2 Å². The Morgan fingerprint density at radius 1 is 0.964 bits per heavy atom. The number of hydrogen-bond acceptors (Lipinski definition) is 5. The zero-order valence-corrected chi connectivity index (χ0v) is 16.3. The van der Waals surface area contributed by atoms with E-state index in [0.717, 1.165) is 16.9 Å². The average Bonchev–Trinajstić information content (AvgIpc) is 3.42. The maximum Gasteiger partial charge on any atom is 0.209 e. The molecule has 0 spiro atoms.